The summed E-state index contributed by atoms with van der Waals surface area (Å²) in [6.07, 6.45) is 0. The summed E-state index contributed by atoms with van der Waals surface area (Å²) >= 11 is 7.43. The molecule has 128 valence electrons. The molecule has 1 aromatic heterocycles. The van der Waals surface area contributed by atoms with E-state index in [2.05, 4.69) is 10.3 Å². The smallest absolute Gasteiger partial charge is 0.231 e. The van der Waals surface area contributed by atoms with Crippen molar-refractivity contribution in [3.8, 4) is 0 Å². The van der Waals surface area contributed by atoms with Crippen molar-refractivity contribution in [1.29, 1.82) is 0 Å². The number of rotatable bonds is 3. The van der Waals surface area contributed by atoms with Crippen LogP contribution in [0.1, 0.15) is 5.56 Å². The lowest BCUT2D eigenvalue weighted by Crippen LogP contribution is -2.52. The van der Waals surface area contributed by atoms with E-state index in [1.165, 1.54) is 23.5 Å². The summed E-state index contributed by atoms with van der Waals surface area (Å²) in [6, 6.07) is 10.0. The molecule has 0 aliphatic carbocycles. The van der Waals surface area contributed by atoms with Gasteiger partial charge in [0.15, 0.2) is 5.13 Å². The van der Waals surface area contributed by atoms with Crippen molar-refractivity contribution in [1.82, 2.24) is 4.98 Å². The summed E-state index contributed by atoms with van der Waals surface area (Å²) in [5.41, 5.74) is 2.50. The van der Waals surface area contributed by atoms with E-state index < -0.39 is 0 Å². The maximum Gasteiger partial charge on any atom is 0.231 e. The van der Waals surface area contributed by atoms with Gasteiger partial charge in [0.05, 0.1) is 16.1 Å². The molecule has 2 heterocycles. The predicted molar refractivity (Wildman–Crippen MR) is 100 cm³/mol. The minimum atomic E-state index is -0.263. The highest BCUT2D eigenvalue weighted by molar-refractivity contribution is 7.22. The molecule has 4 rings (SSSR count). The average molecular weight is 376 g/mol. The van der Waals surface area contributed by atoms with Crippen LogP contribution in [0.5, 0.6) is 0 Å². The molecule has 1 aliphatic rings. The van der Waals surface area contributed by atoms with E-state index in [-0.39, 0.29) is 17.6 Å². The predicted octanol–water partition coefficient (Wildman–Crippen LogP) is 4.47. The number of thiazole rings is 1. The van der Waals surface area contributed by atoms with Crippen LogP contribution in [0, 0.1) is 18.7 Å². The number of halogens is 2. The van der Waals surface area contributed by atoms with Gasteiger partial charge in [0.25, 0.3) is 0 Å². The van der Waals surface area contributed by atoms with E-state index in [9.17, 15) is 9.18 Å². The number of carbonyl (C=O) groups is 1. The van der Waals surface area contributed by atoms with Gasteiger partial charge in [-0.2, -0.15) is 0 Å². The summed E-state index contributed by atoms with van der Waals surface area (Å²) in [7, 11) is 0. The van der Waals surface area contributed by atoms with Crippen molar-refractivity contribution in [2.24, 2.45) is 5.92 Å². The fourth-order valence-corrected chi connectivity index (χ4v) is 3.97. The van der Waals surface area contributed by atoms with Gasteiger partial charge in [0.2, 0.25) is 5.91 Å². The zero-order valence-electron chi connectivity index (χ0n) is 13.4. The molecular formula is C18H15ClFN3OS. The highest BCUT2D eigenvalue weighted by atomic mass is 35.5. The number of nitrogens with one attached hydrogen (secondary N) is 1. The molecule has 4 nitrogen and oxygen atoms in total. The lowest BCUT2D eigenvalue weighted by atomic mass is 9.99. The minimum absolute atomic E-state index is 0.0197. The first-order valence-corrected chi connectivity index (χ1v) is 9.07. The van der Waals surface area contributed by atoms with Gasteiger partial charge in [-0.3, -0.25) is 4.79 Å². The third-order valence-corrected chi connectivity index (χ3v) is 5.63. The number of benzene rings is 2. The molecule has 0 unspecified atom stereocenters. The molecule has 0 bridgehead atoms. The van der Waals surface area contributed by atoms with Gasteiger partial charge >= 0.3 is 0 Å². The van der Waals surface area contributed by atoms with Crippen molar-refractivity contribution >= 4 is 49.9 Å². The van der Waals surface area contributed by atoms with Crippen LogP contribution in [0.15, 0.2) is 36.4 Å². The Kier molecular flexibility index (Phi) is 4.09. The van der Waals surface area contributed by atoms with Crippen molar-refractivity contribution in [3.05, 3.63) is 52.8 Å². The number of anilines is 2. The minimum Gasteiger partial charge on any atom is -0.346 e. The van der Waals surface area contributed by atoms with Gasteiger partial charge in [-0.1, -0.05) is 29.0 Å². The van der Waals surface area contributed by atoms with E-state index in [0.29, 0.717) is 18.1 Å². The normalized spacial score (nSPS) is 14.6. The summed E-state index contributed by atoms with van der Waals surface area (Å²) in [4.78, 5) is 19.0. The molecule has 1 fully saturated rings. The molecule has 2 aromatic carbocycles. The molecule has 0 spiro atoms. The average Bonchev–Trinajstić information content (AvgIpc) is 2.92. The third-order valence-electron chi connectivity index (χ3n) is 4.32. The number of nitrogens with zero attached hydrogens (tertiary/aromatic N) is 2. The van der Waals surface area contributed by atoms with Crippen LogP contribution in [-0.4, -0.2) is 24.0 Å². The first kappa shape index (κ1) is 16.3. The number of aryl methyl sites for hydroxylation is 1. The molecule has 0 radical (unpaired) electrons. The molecule has 0 saturated carbocycles. The van der Waals surface area contributed by atoms with Crippen LogP contribution < -0.4 is 10.2 Å². The Hall–Kier alpha value is -2.18. The fourth-order valence-electron chi connectivity index (χ4n) is 2.79. The Labute approximate surface area is 153 Å². The molecular weight excluding hydrogens is 361 g/mol. The zero-order valence-corrected chi connectivity index (χ0v) is 15.0. The van der Waals surface area contributed by atoms with E-state index >= 15 is 0 Å². The number of carbonyl (C=O) groups excluding carboxylic acids is 1. The Balaban J connectivity index is 1.42. The standard InChI is InChI=1S/C18H15ClFN3OS/c1-10-2-3-12(19)6-15(10)21-17(24)11-8-23(9-11)18-22-14-5-4-13(20)7-16(14)25-18/h2-7,11H,8-9H2,1H3,(H,21,24). The van der Waals surface area contributed by atoms with Gasteiger partial charge in [-0.05, 0) is 42.8 Å². The quantitative estimate of drug-likeness (QED) is 0.734. The highest BCUT2D eigenvalue weighted by Crippen LogP contribution is 2.33. The third kappa shape index (κ3) is 3.19. The van der Waals surface area contributed by atoms with Crippen molar-refractivity contribution < 1.29 is 9.18 Å². The number of fused-ring (bicyclic) bond motifs is 1. The van der Waals surface area contributed by atoms with E-state index in [0.717, 1.165) is 26.6 Å². The largest absolute Gasteiger partial charge is 0.346 e. The molecule has 1 saturated heterocycles. The maximum atomic E-state index is 13.3. The van der Waals surface area contributed by atoms with E-state index in [1.54, 1.807) is 18.2 Å². The van der Waals surface area contributed by atoms with Crippen LogP contribution >= 0.6 is 22.9 Å². The highest BCUT2D eigenvalue weighted by Gasteiger charge is 2.34. The Morgan fingerprint density at radius 1 is 1.32 bits per heavy atom. The van der Waals surface area contributed by atoms with E-state index in [4.69, 9.17) is 11.6 Å². The Bertz CT molecular complexity index is 968. The van der Waals surface area contributed by atoms with Gasteiger partial charge in [-0.25, -0.2) is 9.37 Å². The van der Waals surface area contributed by atoms with E-state index in [1.807, 2.05) is 17.9 Å². The first-order chi connectivity index (χ1) is 12.0. The second kappa shape index (κ2) is 6.28. The van der Waals surface area contributed by atoms with Crippen LogP contribution in [0.3, 0.4) is 0 Å². The van der Waals surface area contributed by atoms with Crippen LogP contribution in [0.2, 0.25) is 5.02 Å². The molecule has 3 aromatic rings. The van der Waals surface area contributed by atoms with Crippen molar-refractivity contribution in [2.45, 2.75) is 6.92 Å². The summed E-state index contributed by atoms with van der Waals surface area (Å²) < 4.78 is 14.1. The Morgan fingerprint density at radius 3 is 2.92 bits per heavy atom. The van der Waals surface area contributed by atoms with Crippen LogP contribution in [0.25, 0.3) is 10.2 Å². The number of aromatic nitrogens is 1. The molecule has 1 amide bonds. The number of hydrogen-bond donors (Lipinski definition) is 1. The zero-order chi connectivity index (χ0) is 17.6. The van der Waals surface area contributed by atoms with Gasteiger partial charge in [0.1, 0.15) is 5.82 Å². The number of amides is 1. The molecule has 7 heteroatoms. The summed E-state index contributed by atoms with van der Waals surface area (Å²) in [5.74, 6) is -0.378. The SMILES string of the molecule is Cc1ccc(Cl)cc1NC(=O)C1CN(c2nc3ccc(F)cc3s2)C1. The van der Waals surface area contributed by atoms with Crippen LogP contribution in [-0.2, 0) is 4.79 Å². The van der Waals surface area contributed by atoms with Gasteiger partial charge in [-0.15, -0.1) is 0 Å². The van der Waals surface area contributed by atoms with Crippen molar-refractivity contribution in [2.75, 3.05) is 23.3 Å². The topological polar surface area (TPSA) is 45.2 Å². The Morgan fingerprint density at radius 2 is 2.12 bits per heavy atom. The summed E-state index contributed by atoms with van der Waals surface area (Å²) in [6.45, 7) is 3.14. The molecule has 1 N–H and O–H groups in total. The lowest BCUT2D eigenvalue weighted by molar-refractivity contribution is -0.120. The monoisotopic (exact) mass is 375 g/mol. The molecule has 1 aliphatic heterocycles. The number of hydrogen-bond acceptors (Lipinski definition) is 4. The summed E-state index contributed by atoms with van der Waals surface area (Å²) in [5, 5.41) is 4.36. The fraction of sp³-hybridized carbons (Fsp3) is 0.222. The molecule has 25 heavy (non-hydrogen) atoms. The molecule has 0 atom stereocenters. The second-order valence-electron chi connectivity index (χ2n) is 6.16. The van der Waals surface area contributed by atoms with Gasteiger partial charge in [0, 0.05) is 23.8 Å². The van der Waals surface area contributed by atoms with Crippen LogP contribution in [0.4, 0.5) is 15.2 Å². The second-order valence-corrected chi connectivity index (χ2v) is 7.60. The lowest BCUT2D eigenvalue weighted by Gasteiger charge is -2.38. The van der Waals surface area contributed by atoms with Crippen molar-refractivity contribution in [3.63, 3.8) is 0 Å². The first-order valence-electron chi connectivity index (χ1n) is 7.87. The van der Waals surface area contributed by atoms with Gasteiger partial charge < -0.3 is 10.2 Å². The maximum absolute atomic E-state index is 13.3.